The minimum absolute atomic E-state index is 0.453. The van der Waals surface area contributed by atoms with Gasteiger partial charge in [-0.2, -0.15) is 4.98 Å². The Balaban J connectivity index is 1.37. The first-order valence-electron chi connectivity index (χ1n) is 7.59. The van der Waals surface area contributed by atoms with E-state index in [0.29, 0.717) is 35.0 Å². The molecule has 0 fully saturated rings. The Morgan fingerprint density at radius 2 is 1.80 bits per heavy atom. The molecule has 0 atom stereocenters. The van der Waals surface area contributed by atoms with Crippen LogP contribution in [0.1, 0.15) is 17.3 Å². The Kier molecular flexibility index (Phi) is 4.51. The van der Waals surface area contributed by atoms with E-state index in [-0.39, 0.29) is 0 Å². The molecule has 124 valence electrons. The van der Waals surface area contributed by atoms with Crippen molar-refractivity contribution < 1.29 is 8.94 Å². The van der Waals surface area contributed by atoms with Gasteiger partial charge in [0.1, 0.15) is 0 Å². The molecule has 7 nitrogen and oxygen atoms in total. The van der Waals surface area contributed by atoms with Crippen LogP contribution < -0.4 is 0 Å². The molecule has 0 N–H and O–H groups in total. The Labute approximate surface area is 147 Å². The van der Waals surface area contributed by atoms with Crippen LogP contribution in [0, 0.1) is 0 Å². The molecule has 1 aromatic carbocycles. The number of hydrogen-bond donors (Lipinski definition) is 0. The van der Waals surface area contributed by atoms with E-state index >= 15 is 0 Å². The second-order valence-electron chi connectivity index (χ2n) is 5.16. The minimum Gasteiger partial charge on any atom is -0.411 e. The molecule has 0 bridgehead atoms. The minimum atomic E-state index is 0.453. The molecule has 4 aromatic rings. The number of thioether (sulfide) groups is 1. The van der Waals surface area contributed by atoms with Crippen molar-refractivity contribution in [1.82, 2.24) is 25.3 Å². The highest BCUT2D eigenvalue weighted by atomic mass is 32.2. The molecule has 0 unspecified atom stereocenters. The summed E-state index contributed by atoms with van der Waals surface area (Å²) in [5.41, 5.74) is 1.97. The molecular formula is C17H13N5O2S. The van der Waals surface area contributed by atoms with Crippen molar-refractivity contribution in [2.24, 2.45) is 0 Å². The second kappa shape index (κ2) is 7.27. The van der Waals surface area contributed by atoms with E-state index < -0.39 is 0 Å². The van der Waals surface area contributed by atoms with Crippen molar-refractivity contribution in [2.45, 2.75) is 17.4 Å². The summed E-state index contributed by atoms with van der Waals surface area (Å²) in [7, 11) is 0. The summed E-state index contributed by atoms with van der Waals surface area (Å²) in [6, 6.07) is 13.6. The number of aromatic nitrogens is 5. The summed E-state index contributed by atoms with van der Waals surface area (Å²) in [6.45, 7) is 0. The van der Waals surface area contributed by atoms with Crippen LogP contribution in [0.2, 0.25) is 0 Å². The van der Waals surface area contributed by atoms with Crippen LogP contribution in [0.4, 0.5) is 0 Å². The van der Waals surface area contributed by atoms with E-state index in [1.807, 2.05) is 42.5 Å². The lowest BCUT2D eigenvalue weighted by Crippen LogP contribution is -1.90. The van der Waals surface area contributed by atoms with Crippen LogP contribution in [0.25, 0.3) is 11.5 Å². The van der Waals surface area contributed by atoms with E-state index in [2.05, 4.69) is 25.3 Å². The van der Waals surface area contributed by atoms with Gasteiger partial charge >= 0.3 is 0 Å². The first-order valence-corrected chi connectivity index (χ1v) is 8.57. The van der Waals surface area contributed by atoms with Crippen LogP contribution in [0.15, 0.2) is 69.0 Å². The van der Waals surface area contributed by atoms with E-state index in [1.165, 1.54) is 11.8 Å². The lowest BCUT2D eigenvalue weighted by atomic mass is 10.1. The zero-order chi connectivity index (χ0) is 16.9. The summed E-state index contributed by atoms with van der Waals surface area (Å²) < 4.78 is 10.9. The molecule has 3 aromatic heterocycles. The quantitative estimate of drug-likeness (QED) is 0.488. The van der Waals surface area contributed by atoms with Gasteiger partial charge in [-0.3, -0.25) is 4.98 Å². The Morgan fingerprint density at radius 1 is 0.960 bits per heavy atom. The van der Waals surface area contributed by atoms with Gasteiger partial charge in [0.15, 0.2) is 5.82 Å². The molecule has 0 saturated carbocycles. The van der Waals surface area contributed by atoms with E-state index in [1.54, 1.807) is 12.4 Å². The van der Waals surface area contributed by atoms with Gasteiger partial charge in [0.2, 0.25) is 11.8 Å². The molecule has 4 rings (SSSR count). The molecule has 3 heterocycles. The Hall–Kier alpha value is -3.00. The average Bonchev–Trinajstić information content (AvgIpc) is 3.31. The lowest BCUT2D eigenvalue weighted by molar-refractivity contribution is 0.385. The fourth-order valence-electron chi connectivity index (χ4n) is 2.20. The lowest BCUT2D eigenvalue weighted by Gasteiger charge is -1.94. The number of benzene rings is 1. The van der Waals surface area contributed by atoms with E-state index in [9.17, 15) is 0 Å². The van der Waals surface area contributed by atoms with Crippen molar-refractivity contribution in [1.29, 1.82) is 0 Å². The zero-order valence-electron chi connectivity index (χ0n) is 13.1. The average molecular weight is 351 g/mol. The predicted octanol–water partition coefficient (Wildman–Crippen LogP) is 3.40. The highest BCUT2D eigenvalue weighted by Gasteiger charge is 2.12. The SMILES string of the molecule is c1ccc(Cc2noc(CSc3nnc(-c4ccncc4)o3)n2)cc1. The van der Waals surface area contributed by atoms with Crippen LogP contribution in [-0.4, -0.2) is 25.3 Å². The maximum atomic E-state index is 5.62. The Morgan fingerprint density at radius 3 is 2.64 bits per heavy atom. The van der Waals surface area contributed by atoms with Gasteiger partial charge in [0.25, 0.3) is 5.22 Å². The van der Waals surface area contributed by atoms with Crippen molar-refractivity contribution in [3.63, 3.8) is 0 Å². The molecule has 0 radical (unpaired) electrons. The van der Waals surface area contributed by atoms with Crippen molar-refractivity contribution in [2.75, 3.05) is 0 Å². The van der Waals surface area contributed by atoms with Crippen LogP contribution in [0.5, 0.6) is 0 Å². The maximum Gasteiger partial charge on any atom is 0.277 e. The van der Waals surface area contributed by atoms with Crippen LogP contribution in [0.3, 0.4) is 0 Å². The number of rotatable bonds is 6. The summed E-state index contributed by atoms with van der Waals surface area (Å²) in [5.74, 6) is 2.12. The molecular weight excluding hydrogens is 338 g/mol. The molecule has 0 spiro atoms. The monoisotopic (exact) mass is 351 g/mol. The van der Waals surface area contributed by atoms with E-state index in [0.717, 1.165) is 11.1 Å². The molecule has 0 aliphatic rings. The van der Waals surface area contributed by atoms with Crippen LogP contribution in [-0.2, 0) is 12.2 Å². The highest BCUT2D eigenvalue weighted by molar-refractivity contribution is 7.98. The van der Waals surface area contributed by atoms with Crippen molar-refractivity contribution in [3.05, 3.63) is 72.1 Å². The highest BCUT2D eigenvalue weighted by Crippen LogP contribution is 2.25. The fraction of sp³-hybridized carbons (Fsp3) is 0.118. The maximum absolute atomic E-state index is 5.62. The first kappa shape index (κ1) is 15.5. The molecule has 0 aliphatic heterocycles. The molecule has 8 heteroatoms. The summed E-state index contributed by atoms with van der Waals surface area (Å²) in [4.78, 5) is 8.35. The van der Waals surface area contributed by atoms with Gasteiger partial charge in [-0.25, -0.2) is 0 Å². The summed E-state index contributed by atoms with van der Waals surface area (Å²) in [5, 5.41) is 12.5. The standard InChI is InChI=1S/C17H13N5O2S/c1-2-4-12(5-3-1)10-14-19-15(24-22-14)11-25-17-21-20-16(23-17)13-6-8-18-9-7-13/h1-9H,10-11H2. The normalized spacial score (nSPS) is 10.9. The number of hydrogen-bond acceptors (Lipinski definition) is 8. The fourth-order valence-corrected chi connectivity index (χ4v) is 2.80. The number of pyridine rings is 1. The smallest absolute Gasteiger partial charge is 0.277 e. The van der Waals surface area contributed by atoms with Gasteiger partial charge in [-0.05, 0) is 17.7 Å². The van der Waals surface area contributed by atoms with Crippen molar-refractivity contribution in [3.8, 4) is 11.5 Å². The van der Waals surface area contributed by atoms with Crippen LogP contribution >= 0.6 is 11.8 Å². The third-order valence-corrected chi connectivity index (χ3v) is 4.17. The van der Waals surface area contributed by atoms with Gasteiger partial charge in [-0.1, -0.05) is 47.3 Å². The third kappa shape index (κ3) is 3.92. The largest absolute Gasteiger partial charge is 0.411 e. The Bertz CT molecular complexity index is 940. The van der Waals surface area contributed by atoms with Crippen molar-refractivity contribution >= 4 is 11.8 Å². The molecule has 25 heavy (non-hydrogen) atoms. The van der Waals surface area contributed by atoms with Gasteiger partial charge in [-0.15, -0.1) is 10.2 Å². The molecule has 0 aliphatic carbocycles. The predicted molar refractivity (Wildman–Crippen MR) is 90.6 cm³/mol. The second-order valence-corrected chi connectivity index (χ2v) is 6.09. The number of nitrogens with zero attached hydrogens (tertiary/aromatic N) is 5. The summed E-state index contributed by atoms with van der Waals surface area (Å²) >= 11 is 1.36. The zero-order valence-corrected chi connectivity index (χ0v) is 13.9. The first-order chi connectivity index (χ1) is 12.4. The van der Waals surface area contributed by atoms with Gasteiger partial charge in [0.05, 0.1) is 5.75 Å². The van der Waals surface area contributed by atoms with Gasteiger partial charge < -0.3 is 8.94 Å². The topological polar surface area (TPSA) is 90.7 Å². The van der Waals surface area contributed by atoms with Gasteiger partial charge in [0, 0.05) is 24.4 Å². The molecule has 0 saturated heterocycles. The molecule has 0 amide bonds. The van der Waals surface area contributed by atoms with E-state index in [4.69, 9.17) is 8.94 Å². The summed E-state index contributed by atoms with van der Waals surface area (Å²) in [6.07, 6.45) is 4.00. The third-order valence-electron chi connectivity index (χ3n) is 3.37.